The summed E-state index contributed by atoms with van der Waals surface area (Å²) < 4.78 is 10.9. The van der Waals surface area contributed by atoms with Crippen molar-refractivity contribution in [3.8, 4) is 5.75 Å². The molecular formula is C15H24N2O2S. The quantitative estimate of drug-likeness (QED) is 0.540. The van der Waals surface area contributed by atoms with Crippen LogP contribution in [0.1, 0.15) is 18.9 Å². The van der Waals surface area contributed by atoms with Gasteiger partial charge < -0.3 is 20.1 Å². The summed E-state index contributed by atoms with van der Waals surface area (Å²) >= 11 is 5.16. The Kier molecular flexibility index (Phi) is 8.74. The van der Waals surface area contributed by atoms with Gasteiger partial charge >= 0.3 is 0 Å². The minimum Gasteiger partial charge on any atom is -0.492 e. The van der Waals surface area contributed by atoms with E-state index in [1.54, 1.807) is 0 Å². The van der Waals surface area contributed by atoms with E-state index in [2.05, 4.69) is 10.6 Å². The van der Waals surface area contributed by atoms with E-state index >= 15 is 0 Å². The van der Waals surface area contributed by atoms with Gasteiger partial charge in [-0.15, -0.1) is 0 Å². The van der Waals surface area contributed by atoms with E-state index in [-0.39, 0.29) is 0 Å². The summed E-state index contributed by atoms with van der Waals surface area (Å²) in [4.78, 5) is 0. The standard InChI is InChI=1S/C15H24N2O2S/c1-3-18-10-5-8-16-15(20)17-9-11-19-14-7-4-6-13(2)12-14/h4,6-7,12H,3,5,8-11H2,1-2H3,(H2,16,17,20). The van der Waals surface area contributed by atoms with Crippen LogP contribution in [-0.2, 0) is 4.74 Å². The Morgan fingerprint density at radius 2 is 2.00 bits per heavy atom. The number of aryl methyl sites for hydroxylation is 1. The minimum atomic E-state index is 0.588. The second-order valence-corrected chi connectivity index (χ2v) is 4.81. The molecule has 2 N–H and O–H groups in total. The van der Waals surface area contributed by atoms with Crippen LogP contribution in [0.15, 0.2) is 24.3 Å². The topological polar surface area (TPSA) is 42.5 Å². The molecule has 1 aromatic rings. The molecule has 0 aliphatic carbocycles. The molecule has 0 amide bonds. The zero-order valence-electron chi connectivity index (χ0n) is 12.3. The van der Waals surface area contributed by atoms with Gasteiger partial charge in [0.25, 0.3) is 0 Å². The summed E-state index contributed by atoms with van der Waals surface area (Å²) in [6.07, 6.45) is 0.954. The van der Waals surface area contributed by atoms with Crippen molar-refractivity contribution in [1.29, 1.82) is 0 Å². The number of hydrogen-bond donors (Lipinski definition) is 2. The fourth-order valence-corrected chi connectivity index (χ4v) is 1.83. The molecule has 0 saturated heterocycles. The normalized spacial score (nSPS) is 10.1. The van der Waals surface area contributed by atoms with Crippen molar-refractivity contribution in [1.82, 2.24) is 10.6 Å². The van der Waals surface area contributed by atoms with Gasteiger partial charge in [-0.05, 0) is 50.2 Å². The van der Waals surface area contributed by atoms with Crippen LogP contribution in [0.2, 0.25) is 0 Å². The molecule has 20 heavy (non-hydrogen) atoms. The average molecular weight is 296 g/mol. The molecular weight excluding hydrogens is 272 g/mol. The lowest BCUT2D eigenvalue weighted by molar-refractivity contribution is 0.145. The maximum atomic E-state index is 5.62. The highest BCUT2D eigenvalue weighted by Gasteiger charge is 1.96. The molecule has 0 heterocycles. The Morgan fingerprint density at radius 1 is 1.20 bits per heavy atom. The van der Waals surface area contributed by atoms with Gasteiger partial charge in [0.2, 0.25) is 0 Å². The monoisotopic (exact) mass is 296 g/mol. The fraction of sp³-hybridized carbons (Fsp3) is 0.533. The maximum absolute atomic E-state index is 5.62. The van der Waals surface area contributed by atoms with Crippen molar-refractivity contribution < 1.29 is 9.47 Å². The SMILES string of the molecule is CCOCCCNC(=S)NCCOc1cccc(C)c1. The smallest absolute Gasteiger partial charge is 0.166 e. The van der Waals surface area contributed by atoms with Crippen LogP contribution in [0.3, 0.4) is 0 Å². The van der Waals surface area contributed by atoms with E-state index in [4.69, 9.17) is 21.7 Å². The summed E-state index contributed by atoms with van der Waals surface area (Å²) in [5.74, 6) is 0.891. The highest BCUT2D eigenvalue weighted by atomic mass is 32.1. The van der Waals surface area contributed by atoms with E-state index in [0.717, 1.165) is 31.9 Å². The van der Waals surface area contributed by atoms with Crippen molar-refractivity contribution in [2.24, 2.45) is 0 Å². The summed E-state index contributed by atoms with van der Waals surface area (Å²) in [6, 6.07) is 8.01. The van der Waals surface area contributed by atoms with Crippen LogP contribution >= 0.6 is 12.2 Å². The van der Waals surface area contributed by atoms with Crippen LogP contribution in [0.25, 0.3) is 0 Å². The second kappa shape index (κ2) is 10.5. The van der Waals surface area contributed by atoms with Crippen molar-refractivity contribution in [2.75, 3.05) is 32.9 Å². The fourth-order valence-electron chi connectivity index (χ4n) is 1.62. The summed E-state index contributed by atoms with van der Waals surface area (Å²) in [6.45, 7) is 7.67. The average Bonchev–Trinajstić information content (AvgIpc) is 2.43. The van der Waals surface area contributed by atoms with Crippen molar-refractivity contribution >= 4 is 17.3 Å². The van der Waals surface area contributed by atoms with Gasteiger partial charge in [0.1, 0.15) is 12.4 Å². The molecule has 0 bridgehead atoms. The Balaban J connectivity index is 2.02. The van der Waals surface area contributed by atoms with Gasteiger partial charge in [-0.3, -0.25) is 0 Å². The summed E-state index contributed by atoms with van der Waals surface area (Å²) in [7, 11) is 0. The predicted octanol–water partition coefficient (Wildman–Crippen LogP) is 2.26. The second-order valence-electron chi connectivity index (χ2n) is 4.40. The molecule has 5 heteroatoms. The Bertz CT molecular complexity index is 399. The minimum absolute atomic E-state index is 0.588. The van der Waals surface area contributed by atoms with Crippen molar-refractivity contribution in [3.63, 3.8) is 0 Å². The molecule has 0 aliphatic rings. The summed E-state index contributed by atoms with van der Waals surface area (Å²) in [5.41, 5.74) is 1.20. The van der Waals surface area contributed by atoms with E-state index in [0.29, 0.717) is 18.3 Å². The van der Waals surface area contributed by atoms with Gasteiger partial charge in [-0.1, -0.05) is 12.1 Å². The molecule has 0 aliphatic heterocycles. The number of hydrogen-bond acceptors (Lipinski definition) is 3. The molecule has 1 rings (SSSR count). The number of rotatable bonds is 9. The Hall–Kier alpha value is -1.33. The molecule has 4 nitrogen and oxygen atoms in total. The van der Waals surface area contributed by atoms with Crippen LogP contribution in [0.4, 0.5) is 0 Å². The first-order chi connectivity index (χ1) is 9.72. The van der Waals surface area contributed by atoms with Gasteiger partial charge in [0.05, 0.1) is 6.54 Å². The largest absolute Gasteiger partial charge is 0.492 e. The molecule has 0 aromatic heterocycles. The summed E-state index contributed by atoms with van der Waals surface area (Å²) in [5, 5.41) is 6.91. The van der Waals surface area contributed by atoms with E-state index in [9.17, 15) is 0 Å². The van der Waals surface area contributed by atoms with E-state index in [1.165, 1.54) is 5.56 Å². The lowest BCUT2D eigenvalue weighted by Crippen LogP contribution is -2.38. The van der Waals surface area contributed by atoms with Crippen LogP contribution in [-0.4, -0.2) is 38.0 Å². The molecule has 0 spiro atoms. The highest BCUT2D eigenvalue weighted by molar-refractivity contribution is 7.80. The third-order valence-electron chi connectivity index (χ3n) is 2.60. The number of nitrogens with one attached hydrogen (secondary N) is 2. The lowest BCUT2D eigenvalue weighted by Gasteiger charge is -2.11. The van der Waals surface area contributed by atoms with Gasteiger partial charge in [0.15, 0.2) is 5.11 Å². The van der Waals surface area contributed by atoms with Crippen molar-refractivity contribution in [2.45, 2.75) is 20.3 Å². The highest BCUT2D eigenvalue weighted by Crippen LogP contribution is 2.11. The zero-order valence-corrected chi connectivity index (χ0v) is 13.1. The first-order valence-electron chi connectivity index (χ1n) is 7.01. The van der Waals surface area contributed by atoms with Gasteiger partial charge in [0, 0.05) is 19.8 Å². The van der Waals surface area contributed by atoms with Crippen LogP contribution < -0.4 is 15.4 Å². The number of thiocarbonyl (C=S) groups is 1. The number of benzene rings is 1. The first kappa shape index (κ1) is 16.7. The Labute approximate surface area is 126 Å². The lowest BCUT2D eigenvalue weighted by atomic mass is 10.2. The number of ether oxygens (including phenoxy) is 2. The molecule has 1 aromatic carbocycles. The third kappa shape index (κ3) is 7.96. The van der Waals surface area contributed by atoms with E-state index in [1.807, 2.05) is 38.1 Å². The molecule has 0 radical (unpaired) electrons. The van der Waals surface area contributed by atoms with Gasteiger partial charge in [-0.2, -0.15) is 0 Å². The zero-order chi connectivity index (χ0) is 14.6. The molecule has 0 unspecified atom stereocenters. The third-order valence-corrected chi connectivity index (χ3v) is 2.89. The van der Waals surface area contributed by atoms with Crippen molar-refractivity contribution in [3.05, 3.63) is 29.8 Å². The van der Waals surface area contributed by atoms with Crippen LogP contribution in [0, 0.1) is 6.92 Å². The molecule has 0 atom stereocenters. The van der Waals surface area contributed by atoms with Crippen LogP contribution in [0.5, 0.6) is 5.75 Å². The Morgan fingerprint density at radius 3 is 2.75 bits per heavy atom. The first-order valence-corrected chi connectivity index (χ1v) is 7.42. The molecule has 0 fully saturated rings. The molecule has 0 saturated carbocycles. The molecule has 112 valence electrons. The maximum Gasteiger partial charge on any atom is 0.166 e. The predicted molar refractivity (Wildman–Crippen MR) is 86.4 cm³/mol. The van der Waals surface area contributed by atoms with E-state index < -0.39 is 0 Å². The van der Waals surface area contributed by atoms with Gasteiger partial charge in [-0.25, -0.2) is 0 Å².